The zero-order chi connectivity index (χ0) is 14.7. The summed E-state index contributed by atoms with van der Waals surface area (Å²) in [5.41, 5.74) is 1.41. The lowest BCUT2D eigenvalue weighted by Gasteiger charge is -2.20. The number of amides is 1. The van der Waals surface area contributed by atoms with Gasteiger partial charge >= 0.3 is 5.97 Å². The molecule has 2 atom stereocenters. The van der Waals surface area contributed by atoms with Crippen LogP contribution in [0, 0.1) is 5.92 Å². The topological polar surface area (TPSA) is 82.2 Å². The first kappa shape index (κ1) is 14.1. The zero-order valence-electron chi connectivity index (χ0n) is 11.5. The van der Waals surface area contributed by atoms with Gasteiger partial charge in [0.1, 0.15) is 6.04 Å². The molecule has 106 valence electrons. The van der Waals surface area contributed by atoms with E-state index in [-0.39, 0.29) is 11.8 Å². The standard InChI is InChI=1S/C15H18N2O3/c1-3-9(2)13(15(19)20)17-14(18)11-4-5-12-10(8-11)6-7-16-12/h4-9,13,16H,3H2,1-2H3,(H,17,18)(H,19,20)/t9-,13+/m1/s1. The number of aliphatic carboxylic acids is 1. The number of aromatic nitrogens is 1. The number of rotatable bonds is 5. The fraction of sp³-hybridized carbons (Fsp3) is 0.333. The largest absolute Gasteiger partial charge is 0.480 e. The second-order valence-electron chi connectivity index (χ2n) is 4.95. The molecule has 0 fully saturated rings. The van der Waals surface area contributed by atoms with Crippen molar-refractivity contribution in [2.45, 2.75) is 26.3 Å². The van der Waals surface area contributed by atoms with E-state index in [0.717, 1.165) is 10.9 Å². The first-order valence-electron chi connectivity index (χ1n) is 6.63. The Balaban J connectivity index is 2.19. The number of H-pyrrole nitrogens is 1. The Morgan fingerprint density at radius 1 is 1.35 bits per heavy atom. The number of aromatic amines is 1. The van der Waals surface area contributed by atoms with Gasteiger partial charge in [-0.3, -0.25) is 4.79 Å². The van der Waals surface area contributed by atoms with Gasteiger partial charge in [-0.05, 0) is 30.2 Å². The summed E-state index contributed by atoms with van der Waals surface area (Å²) in [4.78, 5) is 26.4. The fourth-order valence-corrected chi connectivity index (χ4v) is 2.10. The molecule has 0 saturated heterocycles. The minimum absolute atomic E-state index is 0.118. The van der Waals surface area contributed by atoms with Crippen LogP contribution in [0.25, 0.3) is 10.9 Å². The number of nitrogens with one attached hydrogen (secondary N) is 2. The van der Waals surface area contributed by atoms with Crippen molar-refractivity contribution in [3.8, 4) is 0 Å². The molecule has 0 spiro atoms. The van der Waals surface area contributed by atoms with Gasteiger partial charge in [0.2, 0.25) is 0 Å². The molecule has 0 unspecified atom stereocenters. The molecule has 1 amide bonds. The number of hydrogen-bond acceptors (Lipinski definition) is 2. The second kappa shape index (κ2) is 5.77. The molecular formula is C15H18N2O3. The van der Waals surface area contributed by atoms with E-state index in [1.165, 1.54) is 0 Å². The number of fused-ring (bicyclic) bond motifs is 1. The van der Waals surface area contributed by atoms with Crippen molar-refractivity contribution < 1.29 is 14.7 Å². The molecule has 0 aliphatic heterocycles. The Morgan fingerprint density at radius 3 is 2.75 bits per heavy atom. The number of carbonyl (C=O) groups excluding carboxylic acids is 1. The highest BCUT2D eigenvalue weighted by Gasteiger charge is 2.25. The summed E-state index contributed by atoms with van der Waals surface area (Å²) < 4.78 is 0. The molecule has 5 nitrogen and oxygen atoms in total. The summed E-state index contributed by atoms with van der Waals surface area (Å²) in [5.74, 6) is -1.48. The Morgan fingerprint density at radius 2 is 2.10 bits per heavy atom. The van der Waals surface area contributed by atoms with Crippen LogP contribution < -0.4 is 5.32 Å². The molecule has 0 bridgehead atoms. The van der Waals surface area contributed by atoms with Gasteiger partial charge in [-0.2, -0.15) is 0 Å². The maximum atomic E-state index is 12.2. The van der Waals surface area contributed by atoms with Gasteiger partial charge in [-0.1, -0.05) is 20.3 Å². The quantitative estimate of drug-likeness (QED) is 0.783. The van der Waals surface area contributed by atoms with E-state index < -0.39 is 12.0 Å². The molecule has 2 aromatic rings. The van der Waals surface area contributed by atoms with Crippen LogP contribution in [0.3, 0.4) is 0 Å². The highest BCUT2D eigenvalue weighted by molar-refractivity contribution is 5.99. The summed E-state index contributed by atoms with van der Waals surface area (Å²) in [6, 6.07) is 6.24. The summed E-state index contributed by atoms with van der Waals surface area (Å²) in [6.45, 7) is 3.72. The summed E-state index contributed by atoms with van der Waals surface area (Å²) in [6.07, 6.45) is 2.49. The van der Waals surface area contributed by atoms with Crippen LogP contribution in [0.4, 0.5) is 0 Å². The number of carboxylic acid groups (broad SMARTS) is 1. The van der Waals surface area contributed by atoms with E-state index in [9.17, 15) is 14.7 Å². The lowest BCUT2D eigenvalue weighted by atomic mass is 9.99. The SMILES string of the molecule is CC[C@@H](C)[C@H](NC(=O)c1ccc2[nH]ccc2c1)C(=O)O. The van der Waals surface area contributed by atoms with Gasteiger partial charge in [0.05, 0.1) is 0 Å². The predicted molar refractivity (Wildman–Crippen MR) is 76.6 cm³/mol. The predicted octanol–water partition coefficient (Wildman–Crippen LogP) is 2.40. The smallest absolute Gasteiger partial charge is 0.326 e. The van der Waals surface area contributed by atoms with Crippen LogP contribution in [0.15, 0.2) is 30.5 Å². The third-order valence-corrected chi connectivity index (χ3v) is 3.58. The van der Waals surface area contributed by atoms with E-state index in [1.807, 2.05) is 26.0 Å². The Labute approximate surface area is 117 Å². The third-order valence-electron chi connectivity index (χ3n) is 3.58. The van der Waals surface area contributed by atoms with Crippen molar-refractivity contribution in [3.05, 3.63) is 36.0 Å². The van der Waals surface area contributed by atoms with Gasteiger partial charge in [0, 0.05) is 22.7 Å². The number of carboxylic acids is 1. The van der Waals surface area contributed by atoms with Crippen molar-refractivity contribution in [2.24, 2.45) is 5.92 Å². The Hall–Kier alpha value is -2.30. The van der Waals surface area contributed by atoms with Crippen molar-refractivity contribution in [3.63, 3.8) is 0 Å². The molecule has 1 heterocycles. The van der Waals surface area contributed by atoms with Crippen LogP contribution in [0.1, 0.15) is 30.6 Å². The maximum absolute atomic E-state index is 12.2. The average Bonchev–Trinajstić information content (AvgIpc) is 2.90. The molecule has 0 radical (unpaired) electrons. The molecule has 2 rings (SSSR count). The number of benzene rings is 1. The van der Waals surface area contributed by atoms with Crippen LogP contribution in [-0.4, -0.2) is 28.0 Å². The normalized spacial score (nSPS) is 13.9. The van der Waals surface area contributed by atoms with E-state index >= 15 is 0 Å². The molecule has 0 saturated carbocycles. The third kappa shape index (κ3) is 2.82. The van der Waals surface area contributed by atoms with E-state index in [0.29, 0.717) is 12.0 Å². The summed E-state index contributed by atoms with van der Waals surface area (Å²) >= 11 is 0. The Bertz CT molecular complexity index is 633. The lowest BCUT2D eigenvalue weighted by Crippen LogP contribution is -2.45. The second-order valence-corrected chi connectivity index (χ2v) is 4.95. The van der Waals surface area contributed by atoms with Crippen LogP contribution in [0.2, 0.25) is 0 Å². The molecule has 0 aliphatic carbocycles. The van der Waals surface area contributed by atoms with Crippen molar-refractivity contribution in [1.82, 2.24) is 10.3 Å². The number of carbonyl (C=O) groups is 2. The summed E-state index contributed by atoms with van der Waals surface area (Å²) in [5, 5.41) is 12.7. The Kier molecular flexibility index (Phi) is 4.08. The van der Waals surface area contributed by atoms with Gasteiger partial charge < -0.3 is 15.4 Å². The minimum atomic E-state index is -1.00. The highest BCUT2D eigenvalue weighted by atomic mass is 16.4. The monoisotopic (exact) mass is 274 g/mol. The molecule has 3 N–H and O–H groups in total. The van der Waals surface area contributed by atoms with Crippen molar-refractivity contribution in [1.29, 1.82) is 0 Å². The zero-order valence-corrected chi connectivity index (χ0v) is 11.5. The highest BCUT2D eigenvalue weighted by Crippen LogP contribution is 2.15. The van der Waals surface area contributed by atoms with Gasteiger partial charge in [-0.25, -0.2) is 4.79 Å². The van der Waals surface area contributed by atoms with Gasteiger partial charge in [-0.15, -0.1) is 0 Å². The molecule has 1 aromatic carbocycles. The first-order valence-corrected chi connectivity index (χ1v) is 6.63. The van der Waals surface area contributed by atoms with Crippen LogP contribution in [-0.2, 0) is 4.79 Å². The van der Waals surface area contributed by atoms with Crippen LogP contribution >= 0.6 is 0 Å². The average molecular weight is 274 g/mol. The maximum Gasteiger partial charge on any atom is 0.326 e. The van der Waals surface area contributed by atoms with Crippen LogP contribution in [0.5, 0.6) is 0 Å². The first-order chi connectivity index (χ1) is 9.52. The number of hydrogen-bond donors (Lipinski definition) is 3. The molecular weight excluding hydrogens is 256 g/mol. The van der Waals surface area contributed by atoms with Crippen molar-refractivity contribution >= 4 is 22.8 Å². The molecule has 1 aromatic heterocycles. The van der Waals surface area contributed by atoms with E-state index in [2.05, 4.69) is 10.3 Å². The fourth-order valence-electron chi connectivity index (χ4n) is 2.10. The van der Waals surface area contributed by atoms with Gasteiger partial charge in [0.25, 0.3) is 5.91 Å². The van der Waals surface area contributed by atoms with E-state index in [1.54, 1.807) is 18.3 Å². The minimum Gasteiger partial charge on any atom is -0.480 e. The molecule has 20 heavy (non-hydrogen) atoms. The van der Waals surface area contributed by atoms with Crippen molar-refractivity contribution in [2.75, 3.05) is 0 Å². The van der Waals surface area contributed by atoms with E-state index in [4.69, 9.17) is 0 Å². The van der Waals surface area contributed by atoms with Gasteiger partial charge in [0.15, 0.2) is 0 Å². The molecule has 5 heteroatoms. The summed E-state index contributed by atoms with van der Waals surface area (Å²) in [7, 11) is 0. The lowest BCUT2D eigenvalue weighted by molar-refractivity contribution is -0.140. The molecule has 0 aliphatic rings.